The minimum Gasteiger partial charge on any atom is -0.207 e. The summed E-state index contributed by atoms with van der Waals surface area (Å²) in [5, 5.41) is 8.61. The Morgan fingerprint density at radius 3 is 2.31 bits per heavy atom. The highest BCUT2D eigenvalue weighted by atomic mass is 32.2. The van der Waals surface area contributed by atoms with Gasteiger partial charge in [-0.1, -0.05) is 0 Å². The van der Waals surface area contributed by atoms with Gasteiger partial charge in [0.1, 0.15) is 0 Å². The van der Waals surface area contributed by atoms with E-state index < -0.39 is 10.0 Å². The summed E-state index contributed by atoms with van der Waals surface area (Å²) in [4.78, 5) is 0.208. The van der Waals surface area contributed by atoms with Gasteiger partial charge in [0.25, 0.3) is 0 Å². The molecule has 5 heteroatoms. The molecular formula is C11H12N2O2S. The van der Waals surface area contributed by atoms with Crippen LogP contribution in [0.15, 0.2) is 29.2 Å². The van der Waals surface area contributed by atoms with E-state index in [9.17, 15) is 8.42 Å². The average Bonchev–Trinajstić information content (AvgIpc) is 2.95. The first-order valence-corrected chi connectivity index (χ1v) is 6.48. The van der Waals surface area contributed by atoms with Crippen molar-refractivity contribution in [3.8, 4) is 6.07 Å². The van der Waals surface area contributed by atoms with Gasteiger partial charge in [-0.15, -0.1) is 0 Å². The molecule has 1 fully saturated rings. The molecule has 0 amide bonds. The van der Waals surface area contributed by atoms with E-state index in [1.807, 2.05) is 13.0 Å². The first kappa shape index (κ1) is 11.1. The first-order valence-electron chi connectivity index (χ1n) is 4.99. The van der Waals surface area contributed by atoms with E-state index in [-0.39, 0.29) is 10.4 Å². The molecule has 0 aromatic heterocycles. The molecule has 4 nitrogen and oxygen atoms in total. The lowest BCUT2D eigenvalue weighted by Crippen LogP contribution is -2.34. The quantitative estimate of drug-likeness (QED) is 0.862. The summed E-state index contributed by atoms with van der Waals surface area (Å²) in [6, 6.07) is 7.86. The largest absolute Gasteiger partial charge is 0.241 e. The molecule has 84 valence electrons. The lowest BCUT2D eigenvalue weighted by atomic mass is 10.2. The topological polar surface area (TPSA) is 70.0 Å². The van der Waals surface area contributed by atoms with Crippen LogP contribution in [0.3, 0.4) is 0 Å². The molecule has 0 aliphatic heterocycles. The number of sulfonamides is 1. The SMILES string of the molecule is CC1(NS(=O)(=O)c2ccc(C#N)cc2)CC1. The highest BCUT2D eigenvalue weighted by Gasteiger charge is 2.41. The first-order chi connectivity index (χ1) is 7.45. The number of rotatable bonds is 3. The molecule has 0 heterocycles. The molecule has 1 aromatic carbocycles. The van der Waals surface area contributed by atoms with E-state index in [0.29, 0.717) is 5.56 Å². The van der Waals surface area contributed by atoms with Crippen molar-refractivity contribution in [1.82, 2.24) is 4.72 Å². The molecule has 0 spiro atoms. The second-order valence-corrected chi connectivity index (χ2v) is 5.98. The highest BCUT2D eigenvalue weighted by Crippen LogP contribution is 2.35. The van der Waals surface area contributed by atoms with E-state index >= 15 is 0 Å². The fourth-order valence-corrected chi connectivity index (χ4v) is 2.85. The van der Waals surface area contributed by atoms with Crippen LogP contribution in [0.4, 0.5) is 0 Å². The predicted molar refractivity (Wildman–Crippen MR) is 59.1 cm³/mol. The Balaban J connectivity index is 2.26. The summed E-state index contributed by atoms with van der Waals surface area (Å²) in [6.07, 6.45) is 1.75. The van der Waals surface area contributed by atoms with Crippen LogP contribution < -0.4 is 4.72 Å². The molecule has 1 aliphatic rings. The van der Waals surface area contributed by atoms with Crippen LogP contribution in [0.2, 0.25) is 0 Å². The third-order valence-electron chi connectivity index (χ3n) is 2.67. The standard InChI is InChI=1S/C11H12N2O2S/c1-11(6-7-11)13-16(14,15)10-4-2-9(8-12)3-5-10/h2-5,13H,6-7H2,1H3. The van der Waals surface area contributed by atoms with Crippen molar-refractivity contribution >= 4 is 10.0 Å². The smallest absolute Gasteiger partial charge is 0.207 e. The van der Waals surface area contributed by atoms with Crippen LogP contribution >= 0.6 is 0 Å². The zero-order valence-electron chi connectivity index (χ0n) is 8.90. The maximum atomic E-state index is 11.9. The lowest BCUT2D eigenvalue weighted by Gasteiger charge is -2.11. The summed E-state index contributed by atoms with van der Waals surface area (Å²) >= 11 is 0. The maximum absolute atomic E-state index is 11.9. The van der Waals surface area contributed by atoms with Gasteiger partial charge < -0.3 is 0 Å². The van der Waals surface area contributed by atoms with Gasteiger partial charge in [0.05, 0.1) is 16.5 Å². The average molecular weight is 236 g/mol. The molecule has 0 radical (unpaired) electrons. The molecule has 16 heavy (non-hydrogen) atoms. The van der Waals surface area contributed by atoms with Crippen molar-refractivity contribution in [2.24, 2.45) is 0 Å². The van der Waals surface area contributed by atoms with E-state index in [4.69, 9.17) is 5.26 Å². The monoisotopic (exact) mass is 236 g/mol. The van der Waals surface area contributed by atoms with Crippen molar-refractivity contribution in [2.45, 2.75) is 30.2 Å². The van der Waals surface area contributed by atoms with Crippen LogP contribution in [0.25, 0.3) is 0 Å². The fraction of sp³-hybridized carbons (Fsp3) is 0.364. The summed E-state index contributed by atoms with van der Waals surface area (Å²) < 4.78 is 26.4. The fourth-order valence-electron chi connectivity index (χ4n) is 1.38. The van der Waals surface area contributed by atoms with Crippen LogP contribution in [0.1, 0.15) is 25.3 Å². The second-order valence-electron chi connectivity index (χ2n) is 4.30. The number of hydrogen-bond acceptors (Lipinski definition) is 3. The number of hydrogen-bond donors (Lipinski definition) is 1. The van der Waals surface area contributed by atoms with Gasteiger partial charge in [-0.2, -0.15) is 5.26 Å². The molecule has 1 aromatic rings. The normalized spacial score (nSPS) is 17.8. The zero-order valence-corrected chi connectivity index (χ0v) is 9.71. The van der Waals surface area contributed by atoms with E-state index in [1.54, 1.807) is 0 Å². The Morgan fingerprint density at radius 1 is 1.31 bits per heavy atom. The van der Waals surface area contributed by atoms with E-state index in [1.165, 1.54) is 24.3 Å². The zero-order chi connectivity index (χ0) is 11.8. The van der Waals surface area contributed by atoms with Gasteiger partial charge in [0.2, 0.25) is 10.0 Å². The molecule has 1 N–H and O–H groups in total. The number of nitrogens with zero attached hydrogens (tertiary/aromatic N) is 1. The number of benzene rings is 1. The van der Waals surface area contributed by atoms with Crippen LogP contribution in [0.5, 0.6) is 0 Å². The van der Waals surface area contributed by atoms with Crippen LogP contribution in [0, 0.1) is 11.3 Å². The number of nitriles is 1. The van der Waals surface area contributed by atoms with Crippen LogP contribution in [-0.2, 0) is 10.0 Å². The van der Waals surface area contributed by atoms with Gasteiger partial charge in [-0.3, -0.25) is 0 Å². The highest BCUT2D eigenvalue weighted by molar-refractivity contribution is 7.89. The molecule has 0 atom stereocenters. The third kappa shape index (κ3) is 2.23. The van der Waals surface area contributed by atoms with Gasteiger partial charge in [-0.05, 0) is 44.0 Å². The molecular weight excluding hydrogens is 224 g/mol. The van der Waals surface area contributed by atoms with E-state index in [0.717, 1.165) is 12.8 Å². The summed E-state index contributed by atoms with van der Waals surface area (Å²) in [6.45, 7) is 1.88. The lowest BCUT2D eigenvalue weighted by molar-refractivity contribution is 0.558. The van der Waals surface area contributed by atoms with Crippen molar-refractivity contribution in [3.05, 3.63) is 29.8 Å². The van der Waals surface area contributed by atoms with Gasteiger partial charge in [0, 0.05) is 5.54 Å². The summed E-state index contributed by atoms with van der Waals surface area (Å²) in [5.41, 5.74) is 0.184. The van der Waals surface area contributed by atoms with Gasteiger partial charge in [0.15, 0.2) is 0 Å². The minimum atomic E-state index is -3.44. The predicted octanol–water partition coefficient (Wildman–Crippen LogP) is 1.39. The Hall–Kier alpha value is -1.38. The van der Waals surface area contributed by atoms with Crippen molar-refractivity contribution in [1.29, 1.82) is 5.26 Å². The van der Waals surface area contributed by atoms with Crippen molar-refractivity contribution in [2.75, 3.05) is 0 Å². The Labute approximate surface area is 95.0 Å². The Kier molecular flexibility index (Phi) is 2.49. The molecule has 0 bridgehead atoms. The third-order valence-corrected chi connectivity index (χ3v) is 4.33. The van der Waals surface area contributed by atoms with Crippen LogP contribution in [-0.4, -0.2) is 14.0 Å². The van der Waals surface area contributed by atoms with Crippen molar-refractivity contribution < 1.29 is 8.42 Å². The number of nitrogens with one attached hydrogen (secondary N) is 1. The Bertz CT molecular complexity index is 536. The van der Waals surface area contributed by atoms with Gasteiger partial charge in [-0.25, -0.2) is 13.1 Å². The minimum absolute atomic E-state index is 0.208. The Morgan fingerprint density at radius 2 is 1.88 bits per heavy atom. The van der Waals surface area contributed by atoms with Crippen molar-refractivity contribution in [3.63, 3.8) is 0 Å². The van der Waals surface area contributed by atoms with Gasteiger partial charge >= 0.3 is 0 Å². The summed E-state index contributed by atoms with van der Waals surface area (Å²) in [7, 11) is -3.44. The maximum Gasteiger partial charge on any atom is 0.241 e. The van der Waals surface area contributed by atoms with E-state index in [2.05, 4.69) is 4.72 Å². The molecule has 0 saturated heterocycles. The molecule has 0 unspecified atom stereocenters. The molecule has 1 saturated carbocycles. The molecule has 1 aliphatic carbocycles. The molecule has 2 rings (SSSR count). The summed E-state index contributed by atoms with van der Waals surface area (Å²) in [5.74, 6) is 0. The second kappa shape index (κ2) is 3.58.